The highest BCUT2D eigenvalue weighted by molar-refractivity contribution is 7.17. The van der Waals surface area contributed by atoms with Crippen LogP contribution in [0.5, 0.6) is 0 Å². The molecule has 0 aromatic heterocycles. The zero-order chi connectivity index (χ0) is 17.9. The lowest BCUT2D eigenvalue weighted by molar-refractivity contribution is 0.104. The molecule has 0 radical (unpaired) electrons. The van der Waals surface area contributed by atoms with Gasteiger partial charge in [-0.05, 0) is 36.5 Å². The lowest BCUT2D eigenvalue weighted by atomic mass is 9.75. The van der Waals surface area contributed by atoms with Crippen LogP contribution < -0.4 is 4.90 Å². The Labute approximate surface area is 152 Å². The SMILES string of the molecule is CBCc1ccc(N2CCC(c3ccc(C(F)(F)P)cc3)CC2)cc1. The number of alkyl halides is 2. The molecule has 2 aromatic rings. The fourth-order valence-electron chi connectivity index (χ4n) is 3.61. The van der Waals surface area contributed by atoms with Gasteiger partial charge in [0, 0.05) is 24.3 Å². The molecule has 5 heteroatoms. The van der Waals surface area contributed by atoms with Crippen LogP contribution in [0.1, 0.15) is 35.4 Å². The Bertz CT molecular complexity index is 674. The molecule has 0 bridgehead atoms. The molecule has 0 spiro atoms. The highest BCUT2D eigenvalue weighted by Gasteiger charge is 2.25. The van der Waals surface area contributed by atoms with Gasteiger partial charge in [0.2, 0.25) is 0 Å². The van der Waals surface area contributed by atoms with Gasteiger partial charge < -0.3 is 4.90 Å². The van der Waals surface area contributed by atoms with Crippen LogP contribution in [-0.2, 0) is 12.0 Å². The van der Waals surface area contributed by atoms with Crippen molar-refractivity contribution in [1.29, 1.82) is 0 Å². The first-order chi connectivity index (χ1) is 12.0. The molecule has 3 rings (SSSR count). The summed E-state index contributed by atoms with van der Waals surface area (Å²) >= 11 is 0. The van der Waals surface area contributed by atoms with E-state index in [2.05, 4.69) is 36.0 Å². The zero-order valence-corrected chi connectivity index (χ0v) is 15.9. The summed E-state index contributed by atoms with van der Waals surface area (Å²) in [5.74, 6) is 0.461. The van der Waals surface area contributed by atoms with Gasteiger partial charge in [-0.2, -0.15) is 8.78 Å². The van der Waals surface area contributed by atoms with E-state index < -0.39 is 5.66 Å². The molecule has 1 aliphatic heterocycles. The Morgan fingerprint density at radius 1 is 1.04 bits per heavy atom. The number of hydrogen-bond acceptors (Lipinski definition) is 1. The molecule has 0 amide bonds. The first-order valence-electron chi connectivity index (χ1n) is 9.08. The number of anilines is 1. The van der Waals surface area contributed by atoms with E-state index in [-0.39, 0.29) is 5.56 Å². The molecule has 1 fully saturated rings. The van der Waals surface area contributed by atoms with Crippen molar-refractivity contribution in [1.82, 2.24) is 0 Å². The first-order valence-corrected chi connectivity index (χ1v) is 9.66. The number of rotatable bonds is 5. The molecule has 0 saturated carbocycles. The minimum absolute atomic E-state index is 0.0610. The maximum absolute atomic E-state index is 13.3. The van der Waals surface area contributed by atoms with Crippen LogP contribution in [0.3, 0.4) is 0 Å². The summed E-state index contributed by atoms with van der Waals surface area (Å²) in [5.41, 5.74) is 1.08. The molecule has 0 aliphatic carbocycles. The molecule has 2 aromatic carbocycles. The van der Waals surface area contributed by atoms with Crippen molar-refractivity contribution in [2.24, 2.45) is 0 Å². The second-order valence-electron chi connectivity index (χ2n) is 6.92. The third kappa shape index (κ3) is 4.61. The molecule has 1 saturated heterocycles. The van der Waals surface area contributed by atoms with Gasteiger partial charge in [0.25, 0.3) is 5.66 Å². The van der Waals surface area contributed by atoms with Crippen molar-refractivity contribution in [2.45, 2.75) is 37.6 Å². The van der Waals surface area contributed by atoms with E-state index in [0.29, 0.717) is 5.92 Å². The van der Waals surface area contributed by atoms with E-state index in [9.17, 15) is 8.78 Å². The van der Waals surface area contributed by atoms with Crippen LogP contribution in [0.25, 0.3) is 0 Å². The molecule has 0 N–H and O–H groups in total. The van der Waals surface area contributed by atoms with E-state index in [1.807, 2.05) is 12.1 Å². The van der Waals surface area contributed by atoms with E-state index >= 15 is 0 Å². The predicted molar refractivity (Wildman–Crippen MR) is 107 cm³/mol. The smallest absolute Gasteiger partial charge is 0.283 e. The van der Waals surface area contributed by atoms with Crippen molar-refractivity contribution >= 4 is 22.2 Å². The Morgan fingerprint density at radius 3 is 2.16 bits per heavy atom. The predicted octanol–water partition coefficient (Wildman–Crippen LogP) is 4.98. The van der Waals surface area contributed by atoms with Gasteiger partial charge in [-0.1, -0.05) is 64.3 Å². The highest BCUT2D eigenvalue weighted by Crippen LogP contribution is 2.36. The third-order valence-electron chi connectivity index (χ3n) is 5.10. The Kier molecular flexibility index (Phi) is 5.79. The third-order valence-corrected chi connectivity index (χ3v) is 5.44. The topological polar surface area (TPSA) is 3.24 Å². The molecule has 1 aliphatic rings. The minimum atomic E-state index is -2.84. The number of piperidine rings is 1. The molecule has 132 valence electrons. The quantitative estimate of drug-likeness (QED) is 0.538. The summed E-state index contributed by atoms with van der Waals surface area (Å²) in [5, 5.41) is 0. The van der Waals surface area contributed by atoms with Crippen molar-refractivity contribution in [3.8, 4) is 0 Å². The van der Waals surface area contributed by atoms with Gasteiger partial charge in [0.1, 0.15) is 7.28 Å². The first kappa shape index (κ1) is 18.4. The van der Waals surface area contributed by atoms with Gasteiger partial charge in [-0.3, -0.25) is 0 Å². The Morgan fingerprint density at radius 2 is 1.64 bits per heavy atom. The molecule has 1 unspecified atom stereocenters. The monoisotopic (exact) mass is 359 g/mol. The van der Waals surface area contributed by atoms with Crippen LogP contribution in [-0.4, -0.2) is 20.4 Å². The second-order valence-corrected chi connectivity index (χ2v) is 7.65. The minimum Gasteiger partial charge on any atom is -0.371 e. The van der Waals surface area contributed by atoms with Gasteiger partial charge >= 0.3 is 0 Å². The molecule has 25 heavy (non-hydrogen) atoms. The standard InChI is InChI=1S/C20H25BF2NP/c1-21-14-15-2-8-19(9-3-15)24-12-10-17(11-13-24)16-4-6-18(7-5-16)20(22,23)25/h2-9,17,21H,10-14,25H2,1H3. The molecular formula is C20H25BF2NP. The number of hydrogen-bond donors (Lipinski definition) is 0. The largest absolute Gasteiger partial charge is 0.371 e. The maximum atomic E-state index is 13.3. The van der Waals surface area contributed by atoms with Crippen molar-refractivity contribution in [2.75, 3.05) is 18.0 Å². The summed E-state index contributed by atoms with van der Waals surface area (Å²) in [6.07, 6.45) is 3.26. The summed E-state index contributed by atoms with van der Waals surface area (Å²) in [7, 11) is 2.77. The zero-order valence-electron chi connectivity index (χ0n) is 14.7. The second kappa shape index (κ2) is 7.87. The lowest BCUT2D eigenvalue weighted by Crippen LogP contribution is -2.32. The highest BCUT2D eigenvalue weighted by atomic mass is 31.0. The fourth-order valence-corrected chi connectivity index (χ4v) is 3.80. The normalized spacial score (nSPS) is 16.1. The molecule has 1 heterocycles. The van der Waals surface area contributed by atoms with Crippen molar-refractivity contribution in [3.63, 3.8) is 0 Å². The average molecular weight is 359 g/mol. The van der Waals surface area contributed by atoms with E-state index in [4.69, 9.17) is 0 Å². The van der Waals surface area contributed by atoms with Crippen LogP contribution in [0.4, 0.5) is 14.5 Å². The van der Waals surface area contributed by atoms with Crippen LogP contribution in [0.15, 0.2) is 48.5 Å². The molecule has 1 atom stereocenters. The fraction of sp³-hybridized carbons (Fsp3) is 0.400. The van der Waals surface area contributed by atoms with E-state index in [1.54, 1.807) is 21.4 Å². The van der Waals surface area contributed by atoms with Crippen LogP contribution >= 0.6 is 9.24 Å². The van der Waals surface area contributed by atoms with Crippen molar-refractivity contribution in [3.05, 3.63) is 65.2 Å². The van der Waals surface area contributed by atoms with Gasteiger partial charge in [-0.15, -0.1) is 0 Å². The lowest BCUT2D eigenvalue weighted by Gasteiger charge is -2.34. The average Bonchev–Trinajstić information content (AvgIpc) is 2.62. The summed E-state index contributed by atoms with van der Waals surface area (Å²) in [4.78, 5) is 2.43. The Balaban J connectivity index is 1.59. The molecule has 1 nitrogen and oxygen atoms in total. The Hall–Kier alpha value is -1.41. The number of halogens is 2. The van der Waals surface area contributed by atoms with Gasteiger partial charge in [0.05, 0.1) is 0 Å². The summed E-state index contributed by atoms with van der Waals surface area (Å²) in [6, 6.07) is 15.8. The van der Waals surface area contributed by atoms with E-state index in [0.717, 1.165) is 32.3 Å². The number of benzene rings is 2. The van der Waals surface area contributed by atoms with E-state index in [1.165, 1.54) is 24.1 Å². The maximum Gasteiger partial charge on any atom is 0.283 e. The van der Waals surface area contributed by atoms with Crippen molar-refractivity contribution < 1.29 is 8.78 Å². The molecular weight excluding hydrogens is 334 g/mol. The van der Waals surface area contributed by atoms with Crippen LogP contribution in [0.2, 0.25) is 6.82 Å². The van der Waals surface area contributed by atoms with Gasteiger partial charge in [-0.25, -0.2) is 0 Å². The van der Waals surface area contributed by atoms with Gasteiger partial charge in [0.15, 0.2) is 0 Å². The summed E-state index contributed by atoms with van der Waals surface area (Å²) in [6.45, 7) is 4.23. The summed E-state index contributed by atoms with van der Waals surface area (Å²) < 4.78 is 26.6. The number of nitrogens with zero attached hydrogens (tertiary/aromatic N) is 1. The van der Waals surface area contributed by atoms with Crippen LogP contribution in [0, 0.1) is 0 Å².